The first kappa shape index (κ1) is 25.2. The van der Waals surface area contributed by atoms with Crippen molar-refractivity contribution in [3.8, 4) is 5.75 Å². The standard InChI is InChI=1S/C26H28N2O8/c1-25(2,3)28-17(31)7-5-11-4-6-15(29)19-14(11)9-12-8-13-10-16(30)20(24(27)35)23(34)26(13,36)22(33)18(12)21(19)32/h4-7,12-13,29,32,34,36H,8-10H2,1-3H3,(H2,27,35)(H,28,31)/b7-5+. The van der Waals surface area contributed by atoms with Gasteiger partial charge in [0.15, 0.2) is 11.4 Å². The number of ketones is 2. The maximum Gasteiger partial charge on any atom is 0.255 e. The number of phenolic OH excluding ortho intramolecular Hbond substituents is 1. The molecule has 36 heavy (non-hydrogen) atoms. The second-order valence-electron chi connectivity index (χ2n) is 10.5. The quantitative estimate of drug-likeness (QED) is 0.267. The number of nitrogens with two attached hydrogens (primary N) is 1. The summed E-state index contributed by atoms with van der Waals surface area (Å²) in [5.74, 6) is -7.14. The molecule has 0 bridgehead atoms. The Morgan fingerprint density at radius 1 is 1.14 bits per heavy atom. The molecule has 10 heteroatoms. The van der Waals surface area contributed by atoms with Crippen LogP contribution in [0.4, 0.5) is 0 Å². The number of hydrogen-bond donors (Lipinski definition) is 6. The molecule has 0 aliphatic heterocycles. The summed E-state index contributed by atoms with van der Waals surface area (Å²) >= 11 is 0. The Labute approximate surface area is 206 Å². The topological polar surface area (TPSA) is 187 Å². The van der Waals surface area contributed by atoms with Gasteiger partial charge in [-0.15, -0.1) is 0 Å². The second-order valence-corrected chi connectivity index (χ2v) is 10.5. The Hall–Kier alpha value is -3.92. The number of phenols is 1. The van der Waals surface area contributed by atoms with Gasteiger partial charge in [0.2, 0.25) is 11.7 Å². The summed E-state index contributed by atoms with van der Waals surface area (Å²) in [5, 5.41) is 46.3. The van der Waals surface area contributed by atoms with Crippen molar-refractivity contribution in [2.24, 2.45) is 17.6 Å². The number of amides is 2. The minimum absolute atomic E-state index is 0.0273. The molecule has 3 aliphatic rings. The number of aromatic hydroxyl groups is 1. The number of benzene rings is 1. The molecule has 7 N–H and O–H groups in total. The van der Waals surface area contributed by atoms with E-state index in [2.05, 4.69) is 5.32 Å². The smallest absolute Gasteiger partial charge is 0.255 e. The Bertz CT molecular complexity index is 1310. The number of hydrogen-bond acceptors (Lipinski definition) is 8. The van der Waals surface area contributed by atoms with E-state index in [9.17, 15) is 39.6 Å². The number of aliphatic hydroxyl groups is 3. The predicted molar refractivity (Wildman–Crippen MR) is 128 cm³/mol. The average Bonchev–Trinajstić information content (AvgIpc) is 2.74. The van der Waals surface area contributed by atoms with Crippen LogP contribution in [0.25, 0.3) is 11.8 Å². The SMILES string of the molecule is CC(C)(C)NC(=O)/C=C/c1ccc(O)c2c1CC1CC3CC(=O)C(C(N)=O)=C(O)C3(O)C(=O)C1=C2O. The fourth-order valence-electron chi connectivity index (χ4n) is 5.38. The van der Waals surface area contributed by atoms with E-state index in [4.69, 9.17) is 5.73 Å². The van der Waals surface area contributed by atoms with Crippen LogP contribution in [0.2, 0.25) is 0 Å². The van der Waals surface area contributed by atoms with Gasteiger partial charge >= 0.3 is 0 Å². The van der Waals surface area contributed by atoms with Crippen molar-refractivity contribution in [2.75, 3.05) is 0 Å². The highest BCUT2D eigenvalue weighted by molar-refractivity contribution is 6.22. The Kier molecular flexibility index (Phi) is 5.83. The number of carbonyl (C=O) groups excluding carboxylic acids is 4. The number of nitrogens with one attached hydrogen (secondary N) is 1. The zero-order valence-electron chi connectivity index (χ0n) is 20.1. The minimum atomic E-state index is -2.60. The van der Waals surface area contributed by atoms with Crippen molar-refractivity contribution >= 4 is 35.2 Å². The normalized spacial score (nSPS) is 26.0. The molecule has 0 saturated heterocycles. The molecular formula is C26H28N2O8. The molecule has 3 unspecified atom stereocenters. The van der Waals surface area contributed by atoms with Crippen LogP contribution >= 0.6 is 0 Å². The van der Waals surface area contributed by atoms with Crippen LogP contribution < -0.4 is 11.1 Å². The summed E-state index contributed by atoms with van der Waals surface area (Å²) in [6.07, 6.45) is 2.67. The molecule has 3 aliphatic carbocycles. The Morgan fingerprint density at radius 3 is 2.42 bits per heavy atom. The minimum Gasteiger partial charge on any atom is -0.508 e. The van der Waals surface area contributed by atoms with Crippen LogP contribution in [0, 0.1) is 11.8 Å². The van der Waals surface area contributed by atoms with E-state index in [-0.39, 0.29) is 42.1 Å². The molecule has 0 aromatic heterocycles. The van der Waals surface area contributed by atoms with E-state index in [1.54, 1.807) is 6.07 Å². The maximum absolute atomic E-state index is 13.5. The monoisotopic (exact) mass is 496 g/mol. The van der Waals surface area contributed by atoms with E-state index in [0.717, 1.165) is 0 Å². The average molecular weight is 497 g/mol. The number of fused-ring (bicyclic) bond motifs is 3. The molecule has 10 nitrogen and oxygen atoms in total. The Morgan fingerprint density at radius 2 is 1.81 bits per heavy atom. The highest BCUT2D eigenvalue weighted by Crippen LogP contribution is 2.52. The molecule has 0 radical (unpaired) electrons. The van der Waals surface area contributed by atoms with Gasteiger partial charge in [0.1, 0.15) is 22.8 Å². The van der Waals surface area contributed by atoms with Gasteiger partial charge in [-0.1, -0.05) is 6.07 Å². The molecular weight excluding hydrogens is 468 g/mol. The molecule has 1 aromatic rings. The summed E-state index contributed by atoms with van der Waals surface area (Å²) in [6.45, 7) is 5.51. The van der Waals surface area contributed by atoms with E-state index in [1.807, 2.05) is 20.8 Å². The molecule has 2 amide bonds. The molecule has 0 heterocycles. The first-order valence-corrected chi connectivity index (χ1v) is 11.5. The highest BCUT2D eigenvalue weighted by atomic mass is 16.3. The lowest BCUT2D eigenvalue weighted by Gasteiger charge is -2.46. The van der Waals surface area contributed by atoms with Gasteiger partial charge in [-0.2, -0.15) is 0 Å². The van der Waals surface area contributed by atoms with E-state index < -0.39 is 57.5 Å². The largest absolute Gasteiger partial charge is 0.508 e. The third-order valence-corrected chi connectivity index (χ3v) is 6.90. The van der Waals surface area contributed by atoms with Gasteiger partial charge in [0.05, 0.1) is 5.56 Å². The van der Waals surface area contributed by atoms with Gasteiger partial charge in [-0.3, -0.25) is 19.2 Å². The molecule has 190 valence electrons. The number of rotatable bonds is 3. The van der Waals surface area contributed by atoms with Crippen LogP contribution in [0.1, 0.15) is 50.3 Å². The number of aliphatic hydroxyl groups excluding tert-OH is 2. The summed E-state index contributed by atoms with van der Waals surface area (Å²) in [7, 11) is 0. The van der Waals surface area contributed by atoms with Crippen LogP contribution in [-0.4, -0.2) is 54.9 Å². The van der Waals surface area contributed by atoms with Crippen molar-refractivity contribution in [1.82, 2.24) is 5.32 Å². The maximum atomic E-state index is 13.5. The number of Topliss-reactive ketones (excluding diaryl/α,β-unsaturated/α-hetero) is 2. The lowest BCUT2D eigenvalue weighted by molar-refractivity contribution is -0.147. The summed E-state index contributed by atoms with van der Waals surface area (Å²) < 4.78 is 0. The van der Waals surface area contributed by atoms with Gasteiger partial charge in [-0.05, 0) is 62.8 Å². The Balaban J connectivity index is 1.81. The zero-order valence-corrected chi connectivity index (χ0v) is 20.1. The molecule has 1 aromatic carbocycles. The fraction of sp³-hybridized carbons (Fsp3) is 0.385. The van der Waals surface area contributed by atoms with Crippen molar-refractivity contribution in [3.05, 3.63) is 51.8 Å². The van der Waals surface area contributed by atoms with E-state index in [1.165, 1.54) is 18.2 Å². The molecule has 0 spiro atoms. The van der Waals surface area contributed by atoms with Gasteiger partial charge < -0.3 is 31.5 Å². The lowest BCUT2D eigenvalue weighted by Crippen LogP contribution is -2.58. The van der Waals surface area contributed by atoms with E-state index in [0.29, 0.717) is 11.1 Å². The van der Waals surface area contributed by atoms with Gasteiger partial charge in [0.25, 0.3) is 5.91 Å². The first-order chi connectivity index (χ1) is 16.7. The molecule has 4 rings (SSSR count). The molecule has 1 fully saturated rings. The predicted octanol–water partition coefficient (Wildman–Crippen LogP) is 1.35. The third-order valence-electron chi connectivity index (χ3n) is 6.90. The van der Waals surface area contributed by atoms with E-state index >= 15 is 0 Å². The number of carbonyl (C=O) groups is 4. The highest BCUT2D eigenvalue weighted by Gasteiger charge is 2.60. The summed E-state index contributed by atoms with van der Waals surface area (Å²) in [4.78, 5) is 49.9. The lowest BCUT2D eigenvalue weighted by atomic mass is 9.59. The van der Waals surface area contributed by atoms with Crippen molar-refractivity contribution in [1.29, 1.82) is 0 Å². The van der Waals surface area contributed by atoms with Crippen LogP contribution in [0.3, 0.4) is 0 Å². The fourth-order valence-corrected chi connectivity index (χ4v) is 5.38. The molecule has 1 saturated carbocycles. The van der Waals surface area contributed by atoms with Crippen molar-refractivity contribution in [3.63, 3.8) is 0 Å². The zero-order chi connectivity index (χ0) is 26.7. The van der Waals surface area contributed by atoms with Crippen LogP contribution in [0.5, 0.6) is 5.75 Å². The first-order valence-electron chi connectivity index (χ1n) is 11.5. The second kappa shape index (κ2) is 8.34. The summed E-state index contributed by atoms with van der Waals surface area (Å²) in [5.41, 5.74) is 2.08. The van der Waals surface area contributed by atoms with Crippen molar-refractivity contribution in [2.45, 2.75) is 51.2 Å². The van der Waals surface area contributed by atoms with Crippen LogP contribution in [-0.2, 0) is 25.6 Å². The third kappa shape index (κ3) is 3.87. The molecule has 3 atom stereocenters. The number of primary amides is 1. The van der Waals surface area contributed by atoms with Gasteiger partial charge in [-0.25, -0.2) is 0 Å². The van der Waals surface area contributed by atoms with Gasteiger partial charge in [0, 0.05) is 29.5 Å². The van der Waals surface area contributed by atoms with Crippen molar-refractivity contribution < 1.29 is 39.6 Å². The summed E-state index contributed by atoms with van der Waals surface area (Å²) in [6, 6.07) is 2.88. The van der Waals surface area contributed by atoms with Crippen LogP contribution in [0.15, 0.2) is 35.1 Å².